The third-order valence-electron chi connectivity index (χ3n) is 4.32. The summed E-state index contributed by atoms with van der Waals surface area (Å²) >= 11 is 0. The van der Waals surface area contributed by atoms with E-state index in [1.54, 1.807) is 43.8 Å². The van der Waals surface area contributed by atoms with Gasteiger partial charge in [0.15, 0.2) is 0 Å². The van der Waals surface area contributed by atoms with Crippen LogP contribution in [-0.4, -0.2) is 35.9 Å². The summed E-state index contributed by atoms with van der Waals surface area (Å²) in [6.45, 7) is 0. The monoisotopic (exact) mass is 378 g/mol. The summed E-state index contributed by atoms with van der Waals surface area (Å²) in [5.41, 5.74) is 2.20. The number of nitrogens with zero attached hydrogens (tertiary/aromatic N) is 3. The van der Waals surface area contributed by atoms with Gasteiger partial charge in [-0.2, -0.15) is 0 Å². The highest BCUT2D eigenvalue weighted by Crippen LogP contribution is 2.29. The molecule has 1 unspecified atom stereocenters. The van der Waals surface area contributed by atoms with Crippen LogP contribution < -0.4 is 10.1 Å². The van der Waals surface area contributed by atoms with Crippen molar-refractivity contribution in [1.29, 1.82) is 0 Å². The largest absolute Gasteiger partial charge is 0.496 e. The summed E-state index contributed by atoms with van der Waals surface area (Å²) in [4.78, 5) is 22.0. The van der Waals surface area contributed by atoms with Gasteiger partial charge in [0.05, 0.1) is 13.3 Å². The molecule has 0 fully saturated rings. The summed E-state index contributed by atoms with van der Waals surface area (Å²) in [5.74, 6) is 1.18. The molecule has 1 amide bonds. The van der Waals surface area contributed by atoms with Crippen LogP contribution in [0.5, 0.6) is 5.75 Å². The summed E-state index contributed by atoms with van der Waals surface area (Å²) in [7, 11) is 4.98. The minimum absolute atomic E-state index is 0.214. The van der Waals surface area contributed by atoms with Crippen LogP contribution in [0.2, 0.25) is 0 Å². The minimum Gasteiger partial charge on any atom is -0.496 e. The number of methoxy groups -OCH3 is 1. The number of ether oxygens (including phenoxy) is 1. The topological polar surface area (TPSA) is 77.7 Å². The fourth-order valence-electron chi connectivity index (χ4n) is 2.89. The maximum atomic E-state index is 12.9. The Bertz CT molecular complexity index is 964. The SMILES string of the molecule is CO/N=C/c1ccc(C(=O)NC(c2ccccc2OC)c2nccn2C)cc1. The number of carbonyl (C=O) groups excluding carboxylic acids is 1. The smallest absolute Gasteiger partial charge is 0.252 e. The Hall–Kier alpha value is -3.61. The number of rotatable bonds is 7. The molecule has 7 nitrogen and oxygen atoms in total. The third kappa shape index (κ3) is 4.20. The molecule has 0 aliphatic rings. The number of imidazole rings is 1. The highest BCUT2D eigenvalue weighted by molar-refractivity contribution is 5.95. The summed E-state index contributed by atoms with van der Waals surface area (Å²) < 4.78 is 7.37. The van der Waals surface area contributed by atoms with Gasteiger partial charge < -0.3 is 19.5 Å². The Labute approximate surface area is 163 Å². The van der Waals surface area contributed by atoms with Crippen LogP contribution >= 0.6 is 0 Å². The lowest BCUT2D eigenvalue weighted by molar-refractivity contribution is 0.0941. The van der Waals surface area contributed by atoms with E-state index in [-0.39, 0.29) is 5.91 Å². The van der Waals surface area contributed by atoms with Crippen molar-refractivity contribution in [2.45, 2.75) is 6.04 Å². The van der Waals surface area contributed by atoms with Crippen LogP contribution in [0.3, 0.4) is 0 Å². The molecule has 28 heavy (non-hydrogen) atoms. The molecular formula is C21H22N4O3. The van der Waals surface area contributed by atoms with Crippen LogP contribution in [0.25, 0.3) is 0 Å². The minimum atomic E-state index is -0.460. The van der Waals surface area contributed by atoms with E-state index in [1.165, 1.54) is 7.11 Å². The van der Waals surface area contributed by atoms with Gasteiger partial charge in [0.2, 0.25) is 0 Å². The first-order chi connectivity index (χ1) is 13.6. The molecular weight excluding hydrogens is 356 g/mol. The average Bonchev–Trinajstić information content (AvgIpc) is 3.16. The molecule has 7 heteroatoms. The molecule has 1 heterocycles. The van der Waals surface area contributed by atoms with E-state index in [1.807, 2.05) is 42.1 Å². The lowest BCUT2D eigenvalue weighted by Gasteiger charge is -2.21. The lowest BCUT2D eigenvalue weighted by atomic mass is 10.0. The predicted octanol–water partition coefficient (Wildman–Crippen LogP) is 2.93. The second-order valence-corrected chi connectivity index (χ2v) is 6.08. The van der Waals surface area contributed by atoms with Crippen molar-refractivity contribution >= 4 is 12.1 Å². The van der Waals surface area contributed by atoms with Gasteiger partial charge >= 0.3 is 0 Å². The number of aryl methyl sites for hydroxylation is 1. The van der Waals surface area contributed by atoms with Crippen LogP contribution in [0, 0.1) is 0 Å². The van der Waals surface area contributed by atoms with Gasteiger partial charge in [-0.1, -0.05) is 35.5 Å². The highest BCUT2D eigenvalue weighted by atomic mass is 16.6. The molecule has 3 aromatic rings. The predicted molar refractivity (Wildman–Crippen MR) is 107 cm³/mol. The summed E-state index contributed by atoms with van der Waals surface area (Å²) in [6.07, 6.45) is 5.12. The Morgan fingerprint density at radius 3 is 2.57 bits per heavy atom. The van der Waals surface area contributed by atoms with E-state index >= 15 is 0 Å². The summed E-state index contributed by atoms with van der Waals surface area (Å²) in [5, 5.41) is 6.79. The first-order valence-corrected chi connectivity index (χ1v) is 8.71. The molecule has 0 spiro atoms. The number of carbonyl (C=O) groups is 1. The maximum absolute atomic E-state index is 12.9. The number of aromatic nitrogens is 2. The van der Waals surface area contributed by atoms with E-state index in [4.69, 9.17) is 4.74 Å². The van der Waals surface area contributed by atoms with Crippen molar-refractivity contribution in [2.24, 2.45) is 12.2 Å². The van der Waals surface area contributed by atoms with Crippen molar-refractivity contribution in [3.8, 4) is 5.75 Å². The first-order valence-electron chi connectivity index (χ1n) is 8.71. The third-order valence-corrected chi connectivity index (χ3v) is 4.32. The van der Waals surface area contributed by atoms with E-state index < -0.39 is 6.04 Å². The molecule has 0 saturated carbocycles. The highest BCUT2D eigenvalue weighted by Gasteiger charge is 2.24. The van der Waals surface area contributed by atoms with Crippen molar-refractivity contribution in [1.82, 2.24) is 14.9 Å². The summed E-state index contributed by atoms with van der Waals surface area (Å²) in [6, 6.07) is 14.2. The standard InChI is InChI=1S/C21H22N4O3/c1-25-13-12-22-20(25)19(17-6-4-5-7-18(17)27-2)24-21(26)16-10-8-15(9-11-16)14-23-28-3/h4-14,19H,1-3H3,(H,24,26)/b23-14+. The van der Waals surface area contributed by atoms with Gasteiger partial charge in [-0.05, 0) is 23.8 Å². The fraction of sp³-hybridized carbons (Fsp3) is 0.190. The zero-order valence-electron chi connectivity index (χ0n) is 16.0. The molecule has 0 saturated heterocycles. The van der Waals surface area contributed by atoms with E-state index in [2.05, 4.69) is 20.3 Å². The number of oxime groups is 1. The molecule has 0 radical (unpaired) electrons. The second-order valence-electron chi connectivity index (χ2n) is 6.08. The zero-order chi connectivity index (χ0) is 19.9. The van der Waals surface area contributed by atoms with Gasteiger partial charge in [-0.25, -0.2) is 4.98 Å². The van der Waals surface area contributed by atoms with E-state index in [0.29, 0.717) is 17.1 Å². The number of nitrogens with one attached hydrogen (secondary N) is 1. The van der Waals surface area contributed by atoms with E-state index in [9.17, 15) is 4.79 Å². The molecule has 1 atom stereocenters. The average molecular weight is 378 g/mol. The van der Waals surface area contributed by atoms with Gasteiger partial charge in [0, 0.05) is 30.6 Å². The van der Waals surface area contributed by atoms with Gasteiger partial charge in [-0.15, -0.1) is 0 Å². The van der Waals surface area contributed by atoms with Crippen molar-refractivity contribution in [2.75, 3.05) is 14.2 Å². The second kappa shape index (κ2) is 8.85. The number of benzene rings is 2. The molecule has 0 aliphatic heterocycles. The number of amides is 1. The lowest BCUT2D eigenvalue weighted by Crippen LogP contribution is -2.31. The Balaban J connectivity index is 1.90. The quantitative estimate of drug-likeness (QED) is 0.507. The van der Waals surface area contributed by atoms with Crippen molar-refractivity contribution < 1.29 is 14.4 Å². The van der Waals surface area contributed by atoms with Crippen LogP contribution in [-0.2, 0) is 11.9 Å². The van der Waals surface area contributed by atoms with Gasteiger partial charge in [0.25, 0.3) is 5.91 Å². The molecule has 144 valence electrons. The van der Waals surface area contributed by atoms with Gasteiger partial charge in [-0.3, -0.25) is 4.79 Å². The number of hydrogen-bond donors (Lipinski definition) is 1. The van der Waals surface area contributed by atoms with E-state index in [0.717, 1.165) is 11.1 Å². The Kier molecular flexibility index (Phi) is 6.06. The van der Waals surface area contributed by atoms with Gasteiger partial charge in [0.1, 0.15) is 24.7 Å². The van der Waals surface area contributed by atoms with Crippen LogP contribution in [0.1, 0.15) is 33.4 Å². The maximum Gasteiger partial charge on any atom is 0.252 e. The fourth-order valence-corrected chi connectivity index (χ4v) is 2.89. The number of para-hydroxylation sites is 1. The molecule has 1 aromatic heterocycles. The van der Waals surface area contributed by atoms with Crippen molar-refractivity contribution in [3.63, 3.8) is 0 Å². The Morgan fingerprint density at radius 1 is 1.18 bits per heavy atom. The zero-order valence-corrected chi connectivity index (χ0v) is 16.0. The Morgan fingerprint density at radius 2 is 1.93 bits per heavy atom. The number of hydrogen-bond acceptors (Lipinski definition) is 5. The molecule has 0 aliphatic carbocycles. The first kappa shape index (κ1) is 19.2. The van der Waals surface area contributed by atoms with Crippen LogP contribution in [0.15, 0.2) is 66.1 Å². The molecule has 0 bridgehead atoms. The normalized spacial score (nSPS) is 12.0. The molecule has 2 aromatic carbocycles. The van der Waals surface area contributed by atoms with Crippen LogP contribution in [0.4, 0.5) is 0 Å². The molecule has 1 N–H and O–H groups in total. The van der Waals surface area contributed by atoms with Crippen molar-refractivity contribution in [3.05, 3.63) is 83.4 Å². The molecule has 3 rings (SSSR count).